The Labute approximate surface area is 326 Å². The Bertz CT molecular complexity index is 2640. The lowest BCUT2D eigenvalue weighted by Gasteiger charge is -2.26. The first-order valence-corrected chi connectivity index (χ1v) is 18.5. The molecule has 290 valence electrons. The molecule has 0 unspecified atom stereocenters. The van der Waals surface area contributed by atoms with Crippen LogP contribution in [0.1, 0.15) is 40.9 Å². The minimum atomic E-state index is -1.29. The molecule has 0 radical (unpaired) electrons. The zero-order valence-electron chi connectivity index (χ0n) is 31.2. The fourth-order valence-electron chi connectivity index (χ4n) is 6.80. The number of ether oxygens (including phenoxy) is 1. The molecule has 0 saturated carbocycles. The van der Waals surface area contributed by atoms with Gasteiger partial charge in [0, 0.05) is 58.5 Å². The lowest BCUT2D eigenvalue weighted by atomic mass is 10.00. The van der Waals surface area contributed by atoms with Gasteiger partial charge in [-0.25, -0.2) is 9.59 Å². The summed E-state index contributed by atoms with van der Waals surface area (Å²) in [5, 5.41) is 20.3. The fourth-order valence-corrected chi connectivity index (χ4v) is 6.80. The zero-order valence-corrected chi connectivity index (χ0v) is 31.2. The summed E-state index contributed by atoms with van der Waals surface area (Å²) in [5.74, 6) is -3.34. The Hall–Kier alpha value is -7.15. The molecule has 0 bridgehead atoms. The molecule has 57 heavy (non-hydrogen) atoms. The molecule has 0 spiro atoms. The number of hydrogen-bond donors (Lipinski definition) is 6. The van der Waals surface area contributed by atoms with Crippen molar-refractivity contribution in [3.8, 4) is 5.75 Å². The van der Waals surface area contributed by atoms with E-state index in [1.807, 2.05) is 78.9 Å². The summed E-state index contributed by atoms with van der Waals surface area (Å²) in [6, 6.07) is 26.1. The van der Waals surface area contributed by atoms with Gasteiger partial charge in [-0.3, -0.25) is 14.4 Å². The number of para-hydroxylation sites is 2. The van der Waals surface area contributed by atoms with Crippen molar-refractivity contribution >= 4 is 56.5 Å². The van der Waals surface area contributed by atoms with E-state index in [4.69, 9.17) is 9.15 Å². The van der Waals surface area contributed by atoms with Crippen molar-refractivity contribution in [1.82, 2.24) is 25.9 Å². The average molecular weight is 768 g/mol. The van der Waals surface area contributed by atoms with Crippen molar-refractivity contribution in [2.24, 2.45) is 5.92 Å². The molecule has 0 saturated heterocycles. The van der Waals surface area contributed by atoms with Gasteiger partial charge >= 0.3 is 11.6 Å². The normalized spacial score (nSPS) is 13.0. The lowest BCUT2D eigenvalue weighted by molar-refractivity contribution is -0.150. The molecule has 7 aromatic rings. The minimum Gasteiger partial charge on any atom is -0.508 e. The van der Waals surface area contributed by atoms with Gasteiger partial charge in [-0.15, -0.1) is 0 Å². The van der Waals surface area contributed by atoms with Crippen LogP contribution in [0.25, 0.3) is 32.8 Å². The summed E-state index contributed by atoms with van der Waals surface area (Å²) in [6.45, 7) is 3.57. The van der Waals surface area contributed by atoms with Crippen LogP contribution in [-0.2, 0) is 38.6 Å². The molecule has 0 aliphatic carbocycles. The summed E-state index contributed by atoms with van der Waals surface area (Å²) >= 11 is 0. The summed E-state index contributed by atoms with van der Waals surface area (Å²) in [7, 11) is 0. The Balaban J connectivity index is 1.19. The summed E-state index contributed by atoms with van der Waals surface area (Å²) in [5.41, 5.74) is 2.62. The summed E-state index contributed by atoms with van der Waals surface area (Å²) in [6.07, 6.45) is 3.50. The van der Waals surface area contributed by atoms with E-state index in [-0.39, 0.29) is 42.3 Å². The number of esters is 1. The van der Waals surface area contributed by atoms with Crippen LogP contribution in [0.3, 0.4) is 0 Å². The fraction of sp³-hybridized carbons (Fsp3) is 0.205. The first-order chi connectivity index (χ1) is 27.5. The van der Waals surface area contributed by atoms with E-state index in [1.165, 1.54) is 24.3 Å². The number of H-pyrrole nitrogens is 2. The third kappa shape index (κ3) is 8.73. The quantitative estimate of drug-likeness (QED) is 0.0624. The number of hydrogen-bond acceptors (Lipinski definition) is 8. The van der Waals surface area contributed by atoms with Crippen LogP contribution in [-0.4, -0.2) is 56.9 Å². The van der Waals surface area contributed by atoms with Crippen LogP contribution in [0.5, 0.6) is 5.75 Å². The second-order valence-corrected chi connectivity index (χ2v) is 14.2. The van der Waals surface area contributed by atoms with E-state index in [0.29, 0.717) is 10.9 Å². The third-order valence-corrected chi connectivity index (χ3v) is 9.86. The monoisotopic (exact) mass is 767 g/mol. The number of carbonyl (C=O) groups excluding carboxylic acids is 4. The maximum Gasteiger partial charge on any atom is 0.349 e. The van der Waals surface area contributed by atoms with E-state index in [9.17, 15) is 29.1 Å². The van der Waals surface area contributed by atoms with Gasteiger partial charge in [-0.05, 0) is 52.9 Å². The van der Waals surface area contributed by atoms with E-state index in [0.717, 1.165) is 32.9 Å². The van der Waals surface area contributed by atoms with Crippen molar-refractivity contribution < 1.29 is 33.4 Å². The maximum atomic E-state index is 14.5. The number of amides is 3. The number of fused-ring (bicyclic) bond motifs is 3. The Kier molecular flexibility index (Phi) is 11.2. The first kappa shape index (κ1) is 38.1. The molecule has 0 aliphatic rings. The van der Waals surface area contributed by atoms with Gasteiger partial charge in [-0.1, -0.05) is 80.6 Å². The number of rotatable bonds is 14. The maximum absolute atomic E-state index is 14.5. The number of carbonyl (C=O) groups is 4. The van der Waals surface area contributed by atoms with E-state index >= 15 is 0 Å². The lowest BCUT2D eigenvalue weighted by Crippen LogP contribution is -2.57. The van der Waals surface area contributed by atoms with E-state index in [1.54, 1.807) is 26.2 Å². The number of phenolic OH excluding ortho intramolecular Hbond substituents is 1. The Morgan fingerprint density at radius 3 is 1.93 bits per heavy atom. The highest BCUT2D eigenvalue weighted by Gasteiger charge is 2.33. The van der Waals surface area contributed by atoms with E-state index < -0.39 is 47.4 Å². The molecule has 3 heterocycles. The Morgan fingerprint density at radius 2 is 1.30 bits per heavy atom. The molecule has 3 amide bonds. The number of aromatic nitrogens is 2. The molecule has 3 atom stereocenters. The SMILES string of the molecule is CC(C)[C@H](NC(=O)[C@H](Cc1c[nH]c2ccccc12)NC(=O)[C@H](Cc1c[nH]c2ccccc12)NC(=O)c1cc2ccc(O)cc2oc1=O)C(=O)OCc1ccccc1. The van der Waals surface area contributed by atoms with Crippen molar-refractivity contribution in [3.05, 3.63) is 148 Å². The van der Waals surface area contributed by atoms with E-state index in [2.05, 4.69) is 25.9 Å². The molecule has 4 aromatic carbocycles. The molecule has 13 nitrogen and oxygen atoms in total. The van der Waals surface area contributed by atoms with Crippen LogP contribution in [0.2, 0.25) is 0 Å². The minimum absolute atomic E-state index is 0.0154. The van der Waals surface area contributed by atoms with Gasteiger partial charge in [-0.2, -0.15) is 0 Å². The number of aromatic hydroxyl groups is 1. The molecule has 0 aliphatic heterocycles. The predicted octanol–water partition coefficient (Wildman–Crippen LogP) is 5.41. The van der Waals surface area contributed by atoms with Crippen LogP contribution in [0.4, 0.5) is 0 Å². The zero-order chi connectivity index (χ0) is 40.1. The van der Waals surface area contributed by atoms with Gasteiger partial charge in [0.15, 0.2) is 0 Å². The largest absolute Gasteiger partial charge is 0.508 e. The van der Waals surface area contributed by atoms with Crippen molar-refractivity contribution in [2.75, 3.05) is 0 Å². The highest BCUT2D eigenvalue weighted by molar-refractivity contribution is 6.00. The molecular weight excluding hydrogens is 727 g/mol. The molecular formula is C44H41N5O8. The smallest absolute Gasteiger partial charge is 0.349 e. The number of nitrogens with one attached hydrogen (secondary N) is 5. The standard InChI is InChI=1S/C44H41N5O8/c1-25(2)39(44(55)56-24-26-10-4-3-5-11-26)49-42(53)37(20-29-23-46-35-15-9-7-13-32(29)35)48-41(52)36(19-28-22-45-34-14-8-6-12-31(28)34)47-40(51)33-18-27-16-17-30(50)21-38(27)57-43(33)54/h3-18,21-23,25,36-37,39,45-46,50H,19-20,24H2,1-2H3,(H,47,51)(H,48,52)(H,49,53)/t36-,37-,39-/m0/s1. The number of benzene rings is 4. The molecule has 6 N–H and O–H groups in total. The predicted molar refractivity (Wildman–Crippen MR) is 214 cm³/mol. The molecule has 3 aromatic heterocycles. The topological polar surface area (TPSA) is 196 Å². The van der Waals surface area contributed by atoms with Crippen LogP contribution in [0, 0.1) is 5.92 Å². The third-order valence-electron chi connectivity index (χ3n) is 9.86. The Morgan fingerprint density at radius 1 is 0.719 bits per heavy atom. The highest BCUT2D eigenvalue weighted by atomic mass is 16.5. The van der Waals surface area contributed by atoms with Crippen molar-refractivity contribution in [3.63, 3.8) is 0 Å². The number of aromatic amines is 2. The van der Waals surface area contributed by atoms with Crippen LogP contribution >= 0.6 is 0 Å². The van der Waals surface area contributed by atoms with Gasteiger partial charge in [0.25, 0.3) is 5.91 Å². The average Bonchev–Trinajstić information content (AvgIpc) is 3.82. The van der Waals surface area contributed by atoms with Gasteiger partial charge in [0.05, 0.1) is 0 Å². The first-order valence-electron chi connectivity index (χ1n) is 18.5. The second kappa shape index (κ2) is 16.7. The van der Waals surface area contributed by atoms with Gasteiger partial charge in [0.2, 0.25) is 11.8 Å². The summed E-state index contributed by atoms with van der Waals surface area (Å²) in [4.78, 5) is 75.4. The van der Waals surface area contributed by atoms with Gasteiger partial charge < -0.3 is 40.2 Å². The highest BCUT2D eigenvalue weighted by Crippen LogP contribution is 2.23. The van der Waals surface area contributed by atoms with Crippen LogP contribution < -0.4 is 21.6 Å². The summed E-state index contributed by atoms with van der Waals surface area (Å²) < 4.78 is 10.9. The molecule has 0 fully saturated rings. The van der Waals surface area contributed by atoms with Gasteiger partial charge in [0.1, 0.15) is 41.6 Å². The molecule has 7 rings (SSSR count). The van der Waals surface area contributed by atoms with Crippen molar-refractivity contribution in [1.29, 1.82) is 0 Å². The van der Waals surface area contributed by atoms with Crippen LogP contribution in [0.15, 0.2) is 125 Å². The number of phenols is 1. The van der Waals surface area contributed by atoms with Crippen molar-refractivity contribution in [2.45, 2.75) is 51.4 Å². The second-order valence-electron chi connectivity index (χ2n) is 14.2. The molecule has 13 heteroatoms.